The molecule has 0 amide bonds. The van der Waals surface area contributed by atoms with E-state index in [1.54, 1.807) is 0 Å². The molecule has 5 heteroatoms. The molecule has 4 nitrogen and oxygen atoms in total. The maximum atomic E-state index is 10.00. The van der Waals surface area contributed by atoms with E-state index in [9.17, 15) is 9.90 Å². The molecule has 0 spiro atoms. The van der Waals surface area contributed by atoms with Gasteiger partial charge in [0.25, 0.3) is 0 Å². The average Bonchev–Trinajstić information content (AvgIpc) is 1.90. The molecule has 0 radical (unpaired) electrons. The van der Waals surface area contributed by atoms with Crippen LogP contribution in [-0.4, -0.2) is 5.97 Å². The molecule has 1 N–H and O–H groups in total. The Hall–Kier alpha value is 0.602. The number of hydroxylamine groups is 1. The quantitative estimate of drug-likeness (QED) is 0.517. The van der Waals surface area contributed by atoms with Crippen molar-refractivity contribution in [1.82, 2.24) is 5.48 Å². The van der Waals surface area contributed by atoms with Gasteiger partial charge < -0.3 is 14.7 Å². The topological polar surface area (TPSA) is 61.4 Å². The molecular formula is C5H4CsNO3. The summed E-state index contributed by atoms with van der Waals surface area (Å²) >= 11 is 0. The zero-order valence-corrected chi connectivity index (χ0v) is 11.7. The Bertz CT molecular complexity index is 187. The molecule has 0 aromatic carbocycles. The molecule has 48 valence electrons. The summed E-state index contributed by atoms with van der Waals surface area (Å²) in [6.07, 6.45) is 4.13. The maximum absolute atomic E-state index is 10.00. The molecule has 0 unspecified atom stereocenters. The number of aliphatic carboxylic acids is 1. The van der Waals surface area contributed by atoms with Crippen LogP contribution in [0.4, 0.5) is 0 Å². The largest absolute Gasteiger partial charge is 1.00 e. The zero-order valence-electron chi connectivity index (χ0n) is 5.46. The van der Waals surface area contributed by atoms with Crippen molar-refractivity contribution >= 4 is 5.97 Å². The molecular weight excluding hydrogens is 255 g/mol. The van der Waals surface area contributed by atoms with E-state index in [1.807, 2.05) is 0 Å². The van der Waals surface area contributed by atoms with Gasteiger partial charge in [-0.2, -0.15) is 0 Å². The number of hydrogen-bond donors (Lipinski definition) is 1. The van der Waals surface area contributed by atoms with E-state index < -0.39 is 5.97 Å². The van der Waals surface area contributed by atoms with Crippen LogP contribution in [0.2, 0.25) is 0 Å². The summed E-state index contributed by atoms with van der Waals surface area (Å²) < 4.78 is 0. The molecule has 0 aliphatic carbocycles. The van der Waals surface area contributed by atoms with Gasteiger partial charge in [0.15, 0.2) is 0 Å². The number of carbonyl (C=O) groups excluding carboxylic acids is 1. The number of carboxylic acids is 1. The summed E-state index contributed by atoms with van der Waals surface area (Å²) in [5, 5.41) is 10.00. The van der Waals surface area contributed by atoms with Gasteiger partial charge in [-0.1, -0.05) is 0 Å². The van der Waals surface area contributed by atoms with Crippen LogP contribution in [0.5, 0.6) is 0 Å². The van der Waals surface area contributed by atoms with Crippen LogP contribution in [-0.2, 0) is 9.63 Å². The van der Waals surface area contributed by atoms with Gasteiger partial charge in [-0.3, -0.25) is 0 Å². The zero-order chi connectivity index (χ0) is 6.69. The third kappa shape index (κ3) is 3.13. The molecule has 0 aromatic rings. The first-order valence-corrected chi connectivity index (χ1v) is 2.30. The van der Waals surface area contributed by atoms with Gasteiger partial charge in [0.1, 0.15) is 6.26 Å². The Morgan fingerprint density at radius 1 is 1.70 bits per heavy atom. The van der Waals surface area contributed by atoms with Gasteiger partial charge >= 0.3 is 68.9 Å². The van der Waals surface area contributed by atoms with Crippen LogP contribution >= 0.6 is 0 Å². The molecule has 1 heterocycles. The minimum Gasteiger partial charge on any atom is -0.543 e. The molecule has 1 aliphatic heterocycles. The van der Waals surface area contributed by atoms with Crippen molar-refractivity contribution in [3.8, 4) is 0 Å². The average molecular weight is 259 g/mol. The molecule has 0 atom stereocenters. The Morgan fingerprint density at radius 3 is 2.70 bits per heavy atom. The summed E-state index contributed by atoms with van der Waals surface area (Å²) in [7, 11) is 0. The molecule has 1 aliphatic rings. The minimum absolute atomic E-state index is 0. The fourth-order valence-corrected chi connectivity index (χ4v) is 0.416. The third-order valence-electron chi connectivity index (χ3n) is 0.798. The van der Waals surface area contributed by atoms with Crippen LogP contribution in [0.25, 0.3) is 0 Å². The molecule has 0 fully saturated rings. The second-order valence-corrected chi connectivity index (χ2v) is 1.42. The molecule has 0 bridgehead atoms. The number of hydrogen-bond acceptors (Lipinski definition) is 4. The molecule has 1 rings (SSSR count). The summed E-state index contributed by atoms with van der Waals surface area (Å²) in [4.78, 5) is 14.4. The predicted molar refractivity (Wildman–Crippen MR) is 26.5 cm³/mol. The second-order valence-electron chi connectivity index (χ2n) is 1.42. The molecule has 0 aromatic heterocycles. The molecule has 0 saturated heterocycles. The Balaban J connectivity index is 0.000000810. The Kier molecular flexibility index (Phi) is 5.60. The van der Waals surface area contributed by atoms with E-state index in [2.05, 4.69) is 10.3 Å². The van der Waals surface area contributed by atoms with Crippen molar-refractivity contribution in [3.05, 3.63) is 24.1 Å². The number of nitrogens with one attached hydrogen (secondary N) is 1. The fourth-order valence-electron chi connectivity index (χ4n) is 0.416. The van der Waals surface area contributed by atoms with Crippen LogP contribution in [0.15, 0.2) is 24.1 Å². The Morgan fingerprint density at radius 2 is 2.40 bits per heavy atom. The van der Waals surface area contributed by atoms with Crippen molar-refractivity contribution in [3.63, 3.8) is 0 Å². The first-order valence-electron chi connectivity index (χ1n) is 2.30. The normalized spacial score (nSPS) is 13.8. The van der Waals surface area contributed by atoms with Crippen LogP contribution in [0, 0.1) is 0 Å². The van der Waals surface area contributed by atoms with E-state index in [0.717, 1.165) is 0 Å². The van der Waals surface area contributed by atoms with Crippen LogP contribution in [0.3, 0.4) is 0 Å². The van der Waals surface area contributed by atoms with E-state index in [1.165, 1.54) is 18.4 Å². The van der Waals surface area contributed by atoms with Crippen LogP contribution < -0.4 is 79.5 Å². The first-order chi connectivity index (χ1) is 4.30. The SMILES string of the molecule is O=C([O-])C1=CC=CON1.[Cs+]. The van der Waals surface area contributed by atoms with Crippen molar-refractivity contribution in [2.24, 2.45) is 0 Å². The van der Waals surface area contributed by atoms with Gasteiger partial charge in [0.2, 0.25) is 0 Å². The monoisotopic (exact) mass is 259 g/mol. The van der Waals surface area contributed by atoms with Crippen molar-refractivity contribution in [1.29, 1.82) is 0 Å². The van der Waals surface area contributed by atoms with Crippen molar-refractivity contribution < 1.29 is 83.6 Å². The number of allylic oxidation sites excluding steroid dienone is 2. The van der Waals surface area contributed by atoms with E-state index >= 15 is 0 Å². The van der Waals surface area contributed by atoms with Crippen molar-refractivity contribution in [2.45, 2.75) is 0 Å². The van der Waals surface area contributed by atoms with Gasteiger partial charge in [-0.15, -0.1) is 0 Å². The van der Waals surface area contributed by atoms with Crippen molar-refractivity contribution in [2.75, 3.05) is 0 Å². The summed E-state index contributed by atoms with van der Waals surface area (Å²) in [6.45, 7) is 0. The van der Waals surface area contributed by atoms with Crippen LogP contribution in [0.1, 0.15) is 0 Å². The van der Waals surface area contributed by atoms with E-state index in [-0.39, 0.29) is 74.6 Å². The summed E-state index contributed by atoms with van der Waals surface area (Å²) in [5.74, 6) is -1.28. The molecule has 0 saturated carbocycles. The summed E-state index contributed by atoms with van der Waals surface area (Å²) in [6, 6.07) is 0. The second kappa shape index (κ2) is 5.28. The predicted octanol–water partition coefficient (Wildman–Crippen LogP) is -4.33. The smallest absolute Gasteiger partial charge is 0.543 e. The van der Waals surface area contributed by atoms with Gasteiger partial charge in [0.05, 0.1) is 11.7 Å². The van der Waals surface area contributed by atoms with E-state index in [4.69, 9.17) is 0 Å². The number of carboxylic acid groups (broad SMARTS) is 1. The fraction of sp³-hybridized carbons (Fsp3) is 0. The van der Waals surface area contributed by atoms with E-state index in [0.29, 0.717) is 0 Å². The third-order valence-corrected chi connectivity index (χ3v) is 0.798. The van der Waals surface area contributed by atoms with Gasteiger partial charge in [0, 0.05) is 0 Å². The van der Waals surface area contributed by atoms with Gasteiger partial charge in [-0.05, 0) is 12.2 Å². The first kappa shape index (κ1) is 10.6. The maximum Gasteiger partial charge on any atom is 1.00 e. The summed E-state index contributed by atoms with van der Waals surface area (Å²) in [5.41, 5.74) is 2.06. The number of rotatable bonds is 1. The standard InChI is InChI=1S/C5H5NO3.Cs/c7-5(8)4-2-1-3-9-6-4;/h1-3,6H,(H,7,8);/q;+1/p-1. The minimum atomic E-state index is -1.28. The number of carbonyl (C=O) groups is 1. The molecule has 10 heavy (non-hydrogen) atoms. The Labute approximate surface area is 117 Å². The van der Waals surface area contributed by atoms with Gasteiger partial charge in [-0.25, -0.2) is 5.48 Å².